The molecule has 2 aromatic rings. The first-order chi connectivity index (χ1) is 10.9. The maximum Gasteiger partial charge on any atom is 0.346 e. The maximum atomic E-state index is 12.5. The van der Waals surface area contributed by atoms with Gasteiger partial charge in [0.05, 0.1) is 4.92 Å². The molecule has 0 bridgehead atoms. The van der Waals surface area contributed by atoms with Crippen molar-refractivity contribution in [3.05, 3.63) is 64.2 Å². The van der Waals surface area contributed by atoms with Crippen molar-refractivity contribution in [1.29, 1.82) is 0 Å². The Hall–Kier alpha value is -2.41. The molecule has 6 nitrogen and oxygen atoms in total. The molecule has 2 aromatic carbocycles. The van der Waals surface area contributed by atoms with E-state index in [-0.39, 0.29) is 11.7 Å². The van der Waals surface area contributed by atoms with Gasteiger partial charge < -0.3 is 4.18 Å². The Kier molecular flexibility index (Phi) is 5.00. The van der Waals surface area contributed by atoms with Crippen LogP contribution < -0.4 is 4.18 Å². The zero-order valence-electron chi connectivity index (χ0n) is 12.8. The summed E-state index contributed by atoms with van der Waals surface area (Å²) in [6.07, 6.45) is 0.811. The Labute approximate surface area is 135 Å². The predicted octanol–water partition coefficient (Wildman–Crippen LogP) is 3.88. The van der Waals surface area contributed by atoms with Gasteiger partial charge in [-0.2, -0.15) is 8.42 Å². The van der Waals surface area contributed by atoms with Gasteiger partial charge >= 0.3 is 10.1 Å². The minimum Gasteiger partial charge on any atom is -0.378 e. The van der Waals surface area contributed by atoms with Crippen LogP contribution in [0.1, 0.15) is 31.7 Å². The molecule has 0 radical (unpaired) electrons. The van der Waals surface area contributed by atoms with Gasteiger partial charge in [0, 0.05) is 6.07 Å². The van der Waals surface area contributed by atoms with Gasteiger partial charge in [-0.05, 0) is 30.0 Å². The Bertz CT molecular complexity index is 817. The molecule has 0 aliphatic carbocycles. The van der Waals surface area contributed by atoms with Crippen LogP contribution in [0.15, 0.2) is 53.4 Å². The van der Waals surface area contributed by atoms with E-state index in [1.165, 1.54) is 18.2 Å². The highest BCUT2D eigenvalue weighted by Crippen LogP contribution is 2.32. The standard InChI is InChI=1S/C16H17NO5S/c1-3-12(2)13-8-4-6-10-15(13)22-23(20,21)16-11-7-5-9-14(16)17(18)19/h4-12H,3H2,1-2H3. The van der Waals surface area contributed by atoms with Crippen LogP contribution in [0.3, 0.4) is 0 Å². The quantitative estimate of drug-likeness (QED) is 0.454. The van der Waals surface area contributed by atoms with Crippen LogP contribution in [-0.4, -0.2) is 13.3 Å². The molecule has 0 amide bonds. The molecule has 0 aromatic heterocycles. The number of nitro benzene ring substituents is 1. The third kappa shape index (κ3) is 3.68. The number of rotatable bonds is 6. The zero-order valence-corrected chi connectivity index (χ0v) is 13.6. The molecule has 0 fully saturated rings. The fraction of sp³-hybridized carbons (Fsp3) is 0.250. The fourth-order valence-corrected chi connectivity index (χ4v) is 3.29. The third-order valence-electron chi connectivity index (χ3n) is 3.59. The van der Waals surface area contributed by atoms with Gasteiger partial charge in [0.15, 0.2) is 4.90 Å². The lowest BCUT2D eigenvalue weighted by Gasteiger charge is -2.15. The molecule has 0 saturated carbocycles. The summed E-state index contributed by atoms with van der Waals surface area (Å²) in [7, 11) is -4.29. The number of hydrogen-bond donors (Lipinski definition) is 0. The molecule has 1 atom stereocenters. The van der Waals surface area contributed by atoms with Gasteiger partial charge in [-0.1, -0.05) is 44.2 Å². The Morgan fingerprint density at radius 2 is 1.74 bits per heavy atom. The van der Waals surface area contributed by atoms with Crippen LogP contribution in [0.5, 0.6) is 5.75 Å². The number of para-hydroxylation sites is 2. The van der Waals surface area contributed by atoms with Crippen molar-refractivity contribution in [1.82, 2.24) is 0 Å². The van der Waals surface area contributed by atoms with Crippen molar-refractivity contribution in [3.8, 4) is 5.75 Å². The van der Waals surface area contributed by atoms with E-state index in [0.717, 1.165) is 18.1 Å². The smallest absolute Gasteiger partial charge is 0.346 e. The SMILES string of the molecule is CCC(C)c1ccccc1OS(=O)(=O)c1ccccc1[N+](=O)[O-]. The van der Waals surface area contributed by atoms with Crippen molar-refractivity contribution in [3.63, 3.8) is 0 Å². The van der Waals surface area contributed by atoms with Gasteiger partial charge in [-0.15, -0.1) is 0 Å². The van der Waals surface area contributed by atoms with Crippen molar-refractivity contribution >= 4 is 15.8 Å². The van der Waals surface area contributed by atoms with Gasteiger partial charge in [0.25, 0.3) is 5.69 Å². The summed E-state index contributed by atoms with van der Waals surface area (Å²) in [5.41, 5.74) is 0.241. The topological polar surface area (TPSA) is 86.5 Å². The first kappa shape index (κ1) is 17.0. The van der Waals surface area contributed by atoms with Crippen molar-refractivity contribution in [2.45, 2.75) is 31.1 Å². The average molecular weight is 335 g/mol. The Balaban J connectivity index is 2.47. The summed E-state index contributed by atoms with van der Waals surface area (Å²) in [5.74, 6) is 0.298. The van der Waals surface area contributed by atoms with E-state index >= 15 is 0 Å². The van der Waals surface area contributed by atoms with Gasteiger partial charge in [0.1, 0.15) is 5.75 Å². The normalized spacial score (nSPS) is 12.6. The average Bonchev–Trinajstić information content (AvgIpc) is 2.54. The molecule has 1 unspecified atom stereocenters. The summed E-state index contributed by atoms with van der Waals surface area (Å²) in [6.45, 7) is 3.94. The molecule has 7 heteroatoms. The number of nitrogens with zero attached hydrogens (tertiary/aromatic N) is 1. The Morgan fingerprint density at radius 1 is 1.13 bits per heavy atom. The number of hydrogen-bond acceptors (Lipinski definition) is 5. The molecule has 2 rings (SSSR count). The molecule has 0 saturated heterocycles. The van der Waals surface area contributed by atoms with E-state index in [9.17, 15) is 18.5 Å². The summed E-state index contributed by atoms with van der Waals surface area (Å²) in [5, 5.41) is 11.0. The van der Waals surface area contributed by atoms with Crippen LogP contribution in [0.25, 0.3) is 0 Å². The largest absolute Gasteiger partial charge is 0.378 e. The van der Waals surface area contributed by atoms with Gasteiger partial charge in [-0.25, -0.2) is 0 Å². The van der Waals surface area contributed by atoms with E-state index in [0.29, 0.717) is 0 Å². The van der Waals surface area contributed by atoms with Crippen molar-refractivity contribution in [2.75, 3.05) is 0 Å². The highest BCUT2D eigenvalue weighted by atomic mass is 32.2. The molecule has 0 N–H and O–H groups in total. The second-order valence-corrected chi connectivity index (χ2v) is 6.62. The fourth-order valence-electron chi connectivity index (χ4n) is 2.17. The molecule has 0 aliphatic rings. The van der Waals surface area contributed by atoms with Crippen LogP contribution in [-0.2, 0) is 10.1 Å². The number of nitro groups is 1. The van der Waals surface area contributed by atoms with Gasteiger partial charge in [0.2, 0.25) is 0 Å². The van der Waals surface area contributed by atoms with Crippen molar-refractivity contribution in [2.24, 2.45) is 0 Å². The minimum atomic E-state index is -4.29. The van der Waals surface area contributed by atoms with E-state index in [4.69, 9.17) is 4.18 Å². The number of benzene rings is 2. The third-order valence-corrected chi connectivity index (χ3v) is 4.88. The first-order valence-corrected chi connectivity index (χ1v) is 8.54. The van der Waals surface area contributed by atoms with Crippen LogP contribution in [0.4, 0.5) is 5.69 Å². The van der Waals surface area contributed by atoms with Crippen LogP contribution in [0.2, 0.25) is 0 Å². The molecular weight excluding hydrogens is 318 g/mol. The van der Waals surface area contributed by atoms with Crippen LogP contribution in [0, 0.1) is 10.1 Å². The van der Waals surface area contributed by atoms with Crippen LogP contribution >= 0.6 is 0 Å². The summed E-state index contributed by atoms with van der Waals surface area (Å²) >= 11 is 0. The second kappa shape index (κ2) is 6.78. The van der Waals surface area contributed by atoms with Gasteiger partial charge in [-0.3, -0.25) is 10.1 Å². The molecule has 23 heavy (non-hydrogen) atoms. The lowest BCUT2D eigenvalue weighted by molar-refractivity contribution is -0.387. The van der Waals surface area contributed by atoms with Crippen molar-refractivity contribution < 1.29 is 17.5 Å². The molecule has 0 spiro atoms. The highest BCUT2D eigenvalue weighted by Gasteiger charge is 2.28. The monoisotopic (exact) mass is 335 g/mol. The zero-order chi connectivity index (χ0) is 17.0. The highest BCUT2D eigenvalue weighted by molar-refractivity contribution is 7.87. The molecular formula is C16H17NO5S. The summed E-state index contributed by atoms with van der Waals surface area (Å²) in [6, 6.07) is 11.9. The summed E-state index contributed by atoms with van der Waals surface area (Å²) < 4.78 is 30.1. The van der Waals surface area contributed by atoms with E-state index < -0.39 is 25.6 Å². The minimum absolute atomic E-state index is 0.104. The second-order valence-electron chi connectivity index (χ2n) is 5.11. The molecule has 0 aliphatic heterocycles. The predicted molar refractivity (Wildman–Crippen MR) is 86.1 cm³/mol. The maximum absolute atomic E-state index is 12.5. The lowest BCUT2D eigenvalue weighted by atomic mass is 9.98. The lowest BCUT2D eigenvalue weighted by Crippen LogP contribution is -2.13. The van der Waals surface area contributed by atoms with E-state index in [2.05, 4.69) is 0 Å². The summed E-state index contributed by atoms with van der Waals surface area (Å²) in [4.78, 5) is 9.83. The first-order valence-electron chi connectivity index (χ1n) is 7.13. The molecule has 0 heterocycles. The van der Waals surface area contributed by atoms with E-state index in [1.807, 2.05) is 13.8 Å². The van der Waals surface area contributed by atoms with E-state index in [1.54, 1.807) is 24.3 Å². The molecule has 122 valence electrons. The Morgan fingerprint density at radius 3 is 2.39 bits per heavy atom.